The highest BCUT2D eigenvalue weighted by Crippen LogP contribution is 2.35. The predicted octanol–water partition coefficient (Wildman–Crippen LogP) is 1.82. The molecule has 0 saturated carbocycles. The van der Waals surface area contributed by atoms with Crippen LogP contribution in [0.2, 0.25) is 0 Å². The molecule has 2 rings (SSSR count). The van der Waals surface area contributed by atoms with Gasteiger partial charge in [-0.15, -0.1) is 0 Å². The molecule has 1 atom stereocenters. The first-order valence-electron chi connectivity index (χ1n) is 4.51. The van der Waals surface area contributed by atoms with E-state index in [0.717, 1.165) is 0 Å². The maximum atomic E-state index is 5.53. The zero-order chi connectivity index (χ0) is 9.31. The van der Waals surface area contributed by atoms with Crippen LogP contribution in [0.4, 0.5) is 0 Å². The molecule has 1 fully saturated rings. The fraction of sp³-hybridized carbons (Fsp3) is 0.400. The zero-order valence-corrected chi connectivity index (χ0v) is 7.99. The van der Waals surface area contributed by atoms with Crippen LogP contribution in [0.25, 0.3) is 0 Å². The Hall–Kier alpha value is -0.795. The van der Waals surface area contributed by atoms with Gasteiger partial charge in [0, 0.05) is 0 Å². The molecule has 0 N–H and O–H groups in total. The lowest BCUT2D eigenvalue weighted by atomic mass is 9.95. The molecule has 68 valence electrons. The van der Waals surface area contributed by atoms with E-state index in [4.69, 9.17) is 9.31 Å². The molecule has 0 radical (unpaired) electrons. The van der Waals surface area contributed by atoms with E-state index in [1.165, 1.54) is 5.56 Å². The molecule has 0 bridgehead atoms. The molecule has 0 amide bonds. The molecular weight excluding hydrogens is 163 g/mol. The maximum Gasteiger partial charge on any atom is 0.439 e. The van der Waals surface area contributed by atoms with E-state index in [-0.39, 0.29) is 11.7 Å². The molecular formula is C10H13BO2. The van der Waals surface area contributed by atoms with Crippen LogP contribution in [0, 0.1) is 0 Å². The second-order valence-corrected chi connectivity index (χ2v) is 3.82. The summed E-state index contributed by atoms with van der Waals surface area (Å²) in [6, 6.07) is 10.2. The number of rotatable bonds is 1. The van der Waals surface area contributed by atoms with Gasteiger partial charge in [0.1, 0.15) is 0 Å². The van der Waals surface area contributed by atoms with Crippen LogP contribution < -0.4 is 0 Å². The summed E-state index contributed by atoms with van der Waals surface area (Å²) in [5, 5.41) is 0. The minimum atomic E-state index is -0.207. The number of benzene rings is 1. The Morgan fingerprint density at radius 3 is 2.46 bits per heavy atom. The molecule has 13 heavy (non-hydrogen) atoms. The standard InChI is InChI=1S/C10H13BO2/c1-10(2)9(12-11-13-10)8-6-4-3-5-7-8/h3-7,9,11H,1-2H3/t9-/m1/s1. The normalized spacial score (nSPS) is 25.5. The Labute approximate surface area is 79.2 Å². The lowest BCUT2D eigenvalue weighted by Gasteiger charge is -2.25. The summed E-state index contributed by atoms with van der Waals surface area (Å²) >= 11 is 0. The van der Waals surface area contributed by atoms with E-state index in [1.807, 2.05) is 18.2 Å². The third-order valence-electron chi connectivity index (χ3n) is 2.40. The van der Waals surface area contributed by atoms with Crippen LogP contribution in [0.3, 0.4) is 0 Å². The molecule has 1 aromatic rings. The van der Waals surface area contributed by atoms with Crippen molar-refractivity contribution >= 4 is 7.69 Å². The summed E-state index contributed by atoms with van der Waals surface area (Å²) in [6.45, 7) is 4.11. The first kappa shape index (κ1) is 8.79. The van der Waals surface area contributed by atoms with Crippen molar-refractivity contribution in [1.29, 1.82) is 0 Å². The van der Waals surface area contributed by atoms with Crippen molar-refractivity contribution in [3.05, 3.63) is 35.9 Å². The Morgan fingerprint density at radius 2 is 1.92 bits per heavy atom. The molecule has 1 heterocycles. The van der Waals surface area contributed by atoms with Gasteiger partial charge in [-0.1, -0.05) is 30.3 Å². The maximum absolute atomic E-state index is 5.53. The molecule has 0 aliphatic carbocycles. The van der Waals surface area contributed by atoms with Crippen LogP contribution in [-0.2, 0) is 9.31 Å². The Balaban J connectivity index is 2.27. The van der Waals surface area contributed by atoms with Crippen LogP contribution in [-0.4, -0.2) is 13.3 Å². The van der Waals surface area contributed by atoms with Gasteiger partial charge in [-0.2, -0.15) is 0 Å². The predicted molar refractivity (Wildman–Crippen MR) is 52.6 cm³/mol. The van der Waals surface area contributed by atoms with Gasteiger partial charge >= 0.3 is 7.69 Å². The van der Waals surface area contributed by atoms with Crippen molar-refractivity contribution in [2.45, 2.75) is 25.6 Å². The fourth-order valence-electron chi connectivity index (χ4n) is 1.66. The summed E-state index contributed by atoms with van der Waals surface area (Å²) in [6.07, 6.45) is 0.0636. The van der Waals surface area contributed by atoms with Gasteiger partial charge in [0.05, 0.1) is 11.7 Å². The van der Waals surface area contributed by atoms with E-state index >= 15 is 0 Å². The average molecular weight is 176 g/mol. The lowest BCUT2D eigenvalue weighted by molar-refractivity contribution is 0.0730. The molecule has 1 aliphatic heterocycles. The minimum Gasteiger partial charge on any atom is -0.406 e. The highest BCUT2D eigenvalue weighted by Gasteiger charge is 2.38. The summed E-state index contributed by atoms with van der Waals surface area (Å²) in [5.41, 5.74) is 0.978. The van der Waals surface area contributed by atoms with Crippen molar-refractivity contribution in [1.82, 2.24) is 0 Å². The lowest BCUT2D eigenvalue weighted by Crippen LogP contribution is -2.25. The molecule has 2 nitrogen and oxygen atoms in total. The van der Waals surface area contributed by atoms with Gasteiger partial charge in [0.25, 0.3) is 0 Å². The smallest absolute Gasteiger partial charge is 0.406 e. The van der Waals surface area contributed by atoms with Crippen LogP contribution in [0.15, 0.2) is 30.3 Å². The molecule has 1 saturated heterocycles. The third-order valence-corrected chi connectivity index (χ3v) is 2.40. The van der Waals surface area contributed by atoms with Crippen molar-refractivity contribution in [2.75, 3.05) is 0 Å². The Bertz CT molecular complexity index is 284. The highest BCUT2D eigenvalue weighted by atomic mass is 16.6. The topological polar surface area (TPSA) is 18.5 Å². The first-order valence-corrected chi connectivity index (χ1v) is 4.51. The fourth-order valence-corrected chi connectivity index (χ4v) is 1.66. The summed E-state index contributed by atoms with van der Waals surface area (Å²) in [4.78, 5) is 0. The van der Waals surface area contributed by atoms with E-state index < -0.39 is 0 Å². The number of hydrogen-bond donors (Lipinski definition) is 0. The van der Waals surface area contributed by atoms with Crippen molar-refractivity contribution in [2.24, 2.45) is 0 Å². The van der Waals surface area contributed by atoms with Crippen LogP contribution >= 0.6 is 0 Å². The van der Waals surface area contributed by atoms with Gasteiger partial charge in [-0.25, -0.2) is 0 Å². The highest BCUT2D eigenvalue weighted by molar-refractivity contribution is 6.19. The minimum absolute atomic E-state index is 0.0636. The Kier molecular flexibility index (Phi) is 2.14. The molecule has 0 unspecified atom stereocenters. The first-order chi connectivity index (χ1) is 6.20. The second kappa shape index (κ2) is 3.16. The van der Waals surface area contributed by atoms with E-state index in [0.29, 0.717) is 7.69 Å². The van der Waals surface area contributed by atoms with Crippen LogP contribution in [0.1, 0.15) is 25.5 Å². The average Bonchev–Trinajstić information content (AvgIpc) is 2.47. The van der Waals surface area contributed by atoms with Gasteiger partial charge in [0.2, 0.25) is 0 Å². The van der Waals surface area contributed by atoms with E-state index in [2.05, 4.69) is 26.0 Å². The van der Waals surface area contributed by atoms with Gasteiger partial charge in [0.15, 0.2) is 0 Å². The van der Waals surface area contributed by atoms with E-state index in [1.54, 1.807) is 0 Å². The molecule has 1 aliphatic rings. The SMILES string of the molecule is CC1(C)OBO[C@@H]1c1ccccc1. The van der Waals surface area contributed by atoms with Gasteiger partial charge in [-0.3, -0.25) is 0 Å². The van der Waals surface area contributed by atoms with Gasteiger partial charge in [-0.05, 0) is 19.4 Å². The Morgan fingerprint density at radius 1 is 1.23 bits per heavy atom. The monoisotopic (exact) mass is 176 g/mol. The third kappa shape index (κ3) is 1.62. The van der Waals surface area contributed by atoms with E-state index in [9.17, 15) is 0 Å². The summed E-state index contributed by atoms with van der Waals surface area (Å²) < 4.78 is 11.0. The van der Waals surface area contributed by atoms with Crippen molar-refractivity contribution in [3.63, 3.8) is 0 Å². The molecule has 0 aromatic heterocycles. The summed E-state index contributed by atoms with van der Waals surface area (Å²) in [5.74, 6) is 0. The van der Waals surface area contributed by atoms with Crippen molar-refractivity contribution < 1.29 is 9.31 Å². The largest absolute Gasteiger partial charge is 0.439 e. The zero-order valence-electron chi connectivity index (χ0n) is 7.99. The molecule has 1 aromatic carbocycles. The molecule has 3 heteroatoms. The number of hydrogen-bond acceptors (Lipinski definition) is 2. The van der Waals surface area contributed by atoms with Gasteiger partial charge < -0.3 is 9.31 Å². The molecule has 0 spiro atoms. The van der Waals surface area contributed by atoms with Crippen LogP contribution in [0.5, 0.6) is 0 Å². The quantitative estimate of drug-likeness (QED) is 0.607. The second-order valence-electron chi connectivity index (χ2n) is 3.82. The van der Waals surface area contributed by atoms with Crippen molar-refractivity contribution in [3.8, 4) is 0 Å². The summed E-state index contributed by atoms with van der Waals surface area (Å²) in [7, 11) is 0.395.